The number of H-pyrrole nitrogens is 1. The van der Waals surface area contributed by atoms with Gasteiger partial charge < -0.3 is 10.1 Å². The van der Waals surface area contributed by atoms with E-state index in [0.717, 1.165) is 22.2 Å². The van der Waals surface area contributed by atoms with E-state index >= 15 is 0 Å². The number of aromatic amines is 1. The summed E-state index contributed by atoms with van der Waals surface area (Å²) in [5.74, 6) is 0. The van der Waals surface area contributed by atoms with Crippen molar-refractivity contribution < 1.29 is 9.90 Å². The first-order valence-corrected chi connectivity index (χ1v) is 5.03. The number of benzene rings is 1. The second kappa shape index (κ2) is 3.13. The molecule has 1 aromatic heterocycles. The number of fused-ring (bicyclic) bond motifs is 3. The van der Waals surface area contributed by atoms with Gasteiger partial charge in [-0.3, -0.25) is 4.90 Å². The Morgan fingerprint density at radius 1 is 1.38 bits per heavy atom. The van der Waals surface area contributed by atoms with Gasteiger partial charge in [-0.2, -0.15) is 0 Å². The molecule has 0 aliphatic carbocycles. The molecule has 4 heteroatoms. The van der Waals surface area contributed by atoms with Crippen LogP contribution < -0.4 is 0 Å². The fourth-order valence-corrected chi connectivity index (χ4v) is 2.05. The van der Waals surface area contributed by atoms with Crippen molar-refractivity contribution in [3.8, 4) is 0 Å². The number of nitrogens with zero attached hydrogens (tertiary/aromatic N) is 1. The van der Waals surface area contributed by atoms with Gasteiger partial charge >= 0.3 is 6.09 Å². The zero-order chi connectivity index (χ0) is 11.1. The van der Waals surface area contributed by atoms with Crippen LogP contribution >= 0.6 is 0 Å². The van der Waals surface area contributed by atoms with Gasteiger partial charge in [0.05, 0.1) is 6.54 Å². The molecule has 0 saturated carbocycles. The van der Waals surface area contributed by atoms with Crippen LogP contribution in [0.2, 0.25) is 0 Å². The molecule has 0 spiro atoms. The molecular formula is C12H10N2O2. The van der Waals surface area contributed by atoms with Crippen molar-refractivity contribution in [2.75, 3.05) is 0 Å². The minimum absolute atomic E-state index is 0.408. The summed E-state index contributed by atoms with van der Waals surface area (Å²) in [5.41, 5.74) is 3.09. The second-order valence-corrected chi connectivity index (χ2v) is 3.79. The number of aromatic nitrogens is 1. The number of rotatable bonds is 0. The van der Waals surface area contributed by atoms with Crippen molar-refractivity contribution >= 4 is 23.1 Å². The number of para-hydroxylation sites is 1. The summed E-state index contributed by atoms with van der Waals surface area (Å²) >= 11 is 0. The molecule has 0 saturated heterocycles. The SMILES string of the molecule is O=C(O)N1C=Cc2[nH]c3ccccc3c2C1. The lowest BCUT2D eigenvalue weighted by Gasteiger charge is -2.18. The Kier molecular flexibility index (Phi) is 1.77. The highest BCUT2D eigenvalue weighted by Gasteiger charge is 2.19. The van der Waals surface area contributed by atoms with Gasteiger partial charge in [-0.15, -0.1) is 0 Å². The zero-order valence-electron chi connectivity index (χ0n) is 8.47. The van der Waals surface area contributed by atoms with Crippen LogP contribution in [0.4, 0.5) is 4.79 Å². The molecule has 2 heterocycles. The summed E-state index contributed by atoms with van der Waals surface area (Å²) < 4.78 is 0. The first-order chi connectivity index (χ1) is 7.75. The number of amides is 1. The normalized spacial score (nSPS) is 14.1. The predicted molar refractivity (Wildman–Crippen MR) is 60.9 cm³/mol. The minimum atomic E-state index is -0.924. The van der Waals surface area contributed by atoms with Gasteiger partial charge in [0.15, 0.2) is 0 Å². The van der Waals surface area contributed by atoms with Crippen molar-refractivity contribution in [2.24, 2.45) is 0 Å². The van der Waals surface area contributed by atoms with E-state index < -0.39 is 6.09 Å². The summed E-state index contributed by atoms with van der Waals surface area (Å²) in [5, 5.41) is 10.0. The van der Waals surface area contributed by atoms with Gasteiger partial charge in [0.2, 0.25) is 0 Å². The van der Waals surface area contributed by atoms with Crippen LogP contribution in [-0.4, -0.2) is 21.1 Å². The molecule has 1 aromatic carbocycles. The summed E-state index contributed by atoms with van der Waals surface area (Å²) in [6.45, 7) is 0.408. The Labute approximate surface area is 91.8 Å². The molecule has 1 amide bonds. The van der Waals surface area contributed by atoms with Crippen molar-refractivity contribution in [3.63, 3.8) is 0 Å². The summed E-state index contributed by atoms with van der Waals surface area (Å²) in [6, 6.07) is 7.92. The van der Waals surface area contributed by atoms with E-state index in [4.69, 9.17) is 5.11 Å². The number of hydrogen-bond donors (Lipinski definition) is 2. The van der Waals surface area contributed by atoms with Crippen LogP contribution in [0, 0.1) is 0 Å². The molecule has 0 bridgehead atoms. The third-order valence-electron chi connectivity index (χ3n) is 2.84. The van der Waals surface area contributed by atoms with Crippen LogP contribution in [0.15, 0.2) is 30.5 Å². The summed E-state index contributed by atoms with van der Waals surface area (Å²) in [7, 11) is 0. The minimum Gasteiger partial charge on any atom is -0.465 e. The summed E-state index contributed by atoms with van der Waals surface area (Å²) in [4.78, 5) is 15.4. The molecular weight excluding hydrogens is 204 g/mol. The number of nitrogens with one attached hydrogen (secondary N) is 1. The highest BCUT2D eigenvalue weighted by atomic mass is 16.4. The fraction of sp³-hybridized carbons (Fsp3) is 0.0833. The monoisotopic (exact) mass is 214 g/mol. The molecule has 2 N–H and O–H groups in total. The van der Waals surface area contributed by atoms with E-state index in [2.05, 4.69) is 4.98 Å². The molecule has 80 valence electrons. The van der Waals surface area contributed by atoms with Gasteiger partial charge in [0.1, 0.15) is 0 Å². The average molecular weight is 214 g/mol. The van der Waals surface area contributed by atoms with Gasteiger partial charge in [0.25, 0.3) is 0 Å². The highest BCUT2D eigenvalue weighted by Crippen LogP contribution is 2.27. The van der Waals surface area contributed by atoms with Crippen LogP contribution in [0.25, 0.3) is 17.0 Å². The van der Waals surface area contributed by atoms with E-state index in [-0.39, 0.29) is 0 Å². The molecule has 0 unspecified atom stereocenters. The molecule has 1 aliphatic rings. The maximum Gasteiger partial charge on any atom is 0.411 e. The maximum atomic E-state index is 10.9. The van der Waals surface area contributed by atoms with Crippen LogP contribution in [0.5, 0.6) is 0 Å². The first-order valence-electron chi connectivity index (χ1n) is 5.03. The molecule has 2 aromatic rings. The van der Waals surface area contributed by atoms with Gasteiger partial charge in [-0.25, -0.2) is 4.79 Å². The van der Waals surface area contributed by atoms with Crippen molar-refractivity contribution in [1.29, 1.82) is 0 Å². The van der Waals surface area contributed by atoms with Crippen LogP contribution in [0.1, 0.15) is 11.3 Å². The Morgan fingerprint density at radius 2 is 2.19 bits per heavy atom. The standard InChI is InChI=1S/C12H10N2O2/c15-12(16)14-6-5-11-9(7-14)8-3-1-2-4-10(8)13-11/h1-6,13H,7H2,(H,15,16). The van der Waals surface area contributed by atoms with E-state index in [1.165, 1.54) is 4.90 Å². The third-order valence-corrected chi connectivity index (χ3v) is 2.84. The lowest BCUT2D eigenvalue weighted by Crippen LogP contribution is -2.25. The van der Waals surface area contributed by atoms with E-state index in [0.29, 0.717) is 6.54 Å². The quantitative estimate of drug-likeness (QED) is 0.708. The average Bonchev–Trinajstić information content (AvgIpc) is 2.66. The molecule has 0 fully saturated rings. The Morgan fingerprint density at radius 3 is 3.00 bits per heavy atom. The van der Waals surface area contributed by atoms with Crippen LogP contribution in [-0.2, 0) is 6.54 Å². The van der Waals surface area contributed by atoms with Crippen molar-refractivity contribution in [1.82, 2.24) is 9.88 Å². The lowest BCUT2D eigenvalue weighted by molar-refractivity contribution is 0.161. The third kappa shape index (κ3) is 1.20. The Bertz CT molecular complexity index is 598. The van der Waals surface area contributed by atoms with E-state index in [1.807, 2.05) is 24.3 Å². The largest absolute Gasteiger partial charge is 0.465 e. The number of carboxylic acid groups (broad SMARTS) is 1. The molecule has 1 aliphatic heterocycles. The van der Waals surface area contributed by atoms with Gasteiger partial charge in [-0.05, 0) is 12.1 Å². The topological polar surface area (TPSA) is 56.3 Å². The fourth-order valence-electron chi connectivity index (χ4n) is 2.05. The smallest absolute Gasteiger partial charge is 0.411 e. The van der Waals surface area contributed by atoms with Gasteiger partial charge in [0, 0.05) is 28.4 Å². The van der Waals surface area contributed by atoms with Crippen molar-refractivity contribution in [2.45, 2.75) is 6.54 Å². The highest BCUT2D eigenvalue weighted by molar-refractivity contribution is 5.88. The van der Waals surface area contributed by atoms with E-state index in [1.54, 1.807) is 12.3 Å². The molecule has 4 nitrogen and oxygen atoms in total. The lowest BCUT2D eigenvalue weighted by atomic mass is 10.1. The molecule has 0 atom stereocenters. The Hall–Kier alpha value is -2.23. The molecule has 3 rings (SSSR count). The zero-order valence-corrected chi connectivity index (χ0v) is 8.47. The summed E-state index contributed by atoms with van der Waals surface area (Å²) in [6.07, 6.45) is 2.46. The van der Waals surface area contributed by atoms with E-state index in [9.17, 15) is 4.79 Å². The second-order valence-electron chi connectivity index (χ2n) is 3.79. The first kappa shape index (κ1) is 9.03. The van der Waals surface area contributed by atoms with Gasteiger partial charge in [-0.1, -0.05) is 18.2 Å². The maximum absolute atomic E-state index is 10.9. The molecule has 16 heavy (non-hydrogen) atoms. The molecule has 0 radical (unpaired) electrons. The predicted octanol–water partition coefficient (Wildman–Crippen LogP) is 2.63. The van der Waals surface area contributed by atoms with Crippen molar-refractivity contribution in [3.05, 3.63) is 41.7 Å². The van der Waals surface area contributed by atoms with Crippen LogP contribution in [0.3, 0.4) is 0 Å². The Balaban J connectivity index is 2.17. The number of hydrogen-bond acceptors (Lipinski definition) is 1. The number of carbonyl (C=O) groups is 1.